The third-order valence-electron chi connectivity index (χ3n) is 4.26. The summed E-state index contributed by atoms with van der Waals surface area (Å²) in [5.41, 5.74) is 3.24. The van der Waals surface area contributed by atoms with E-state index in [2.05, 4.69) is 24.3 Å². The molecule has 1 aliphatic rings. The molecular formula is C18H28. The molecular weight excluding hydrogens is 216 g/mol. The fourth-order valence-electron chi connectivity index (χ4n) is 3.09. The first kappa shape index (κ1) is 13.6. The summed E-state index contributed by atoms with van der Waals surface area (Å²) < 4.78 is 0. The predicted octanol–water partition coefficient (Wildman–Crippen LogP) is 5.69. The van der Waals surface area contributed by atoms with E-state index in [1.54, 1.807) is 11.1 Å². The second-order valence-electron chi connectivity index (χ2n) is 5.80. The van der Waals surface area contributed by atoms with Crippen LogP contribution in [0.3, 0.4) is 0 Å². The Morgan fingerprint density at radius 3 is 1.17 bits per heavy atom. The molecule has 0 unspecified atom stereocenters. The van der Waals surface area contributed by atoms with Crippen LogP contribution in [-0.2, 0) is 12.8 Å². The summed E-state index contributed by atoms with van der Waals surface area (Å²) in [6.07, 6.45) is 17.0. The molecule has 0 saturated carbocycles. The van der Waals surface area contributed by atoms with Gasteiger partial charge in [-0.25, -0.2) is 0 Å². The van der Waals surface area contributed by atoms with Gasteiger partial charge in [0.2, 0.25) is 0 Å². The van der Waals surface area contributed by atoms with Gasteiger partial charge in [0.25, 0.3) is 0 Å². The first-order chi connectivity index (χ1) is 8.97. The average molecular weight is 244 g/mol. The standard InChI is InChI=1S/C18H28/c1-2-4-6-8-10-14-18-16-12-11-15-17(18)13-9-7-5-3-1/h11-12,15-16H,1-10,13-14H2. The van der Waals surface area contributed by atoms with Gasteiger partial charge in [-0.3, -0.25) is 0 Å². The predicted molar refractivity (Wildman–Crippen MR) is 80.0 cm³/mol. The van der Waals surface area contributed by atoms with Crippen LogP contribution in [0.1, 0.15) is 75.3 Å². The molecule has 100 valence electrons. The molecule has 1 aromatic rings. The van der Waals surface area contributed by atoms with Gasteiger partial charge in [-0.2, -0.15) is 0 Å². The lowest BCUT2D eigenvalue weighted by Crippen LogP contribution is -1.96. The number of hydrogen-bond donors (Lipinski definition) is 0. The summed E-state index contributed by atoms with van der Waals surface area (Å²) in [7, 11) is 0. The summed E-state index contributed by atoms with van der Waals surface area (Å²) in [5.74, 6) is 0. The normalized spacial score (nSPS) is 19.8. The van der Waals surface area contributed by atoms with E-state index in [0.29, 0.717) is 0 Å². The summed E-state index contributed by atoms with van der Waals surface area (Å²) in [6, 6.07) is 9.12. The molecule has 0 heteroatoms. The van der Waals surface area contributed by atoms with Crippen molar-refractivity contribution in [3.63, 3.8) is 0 Å². The van der Waals surface area contributed by atoms with Crippen molar-refractivity contribution in [3.8, 4) is 0 Å². The number of hydrogen-bond acceptors (Lipinski definition) is 0. The second-order valence-corrected chi connectivity index (χ2v) is 5.80. The van der Waals surface area contributed by atoms with Gasteiger partial charge in [-0.05, 0) is 36.8 Å². The Hall–Kier alpha value is -0.780. The van der Waals surface area contributed by atoms with Gasteiger partial charge >= 0.3 is 0 Å². The molecule has 0 nitrogen and oxygen atoms in total. The summed E-state index contributed by atoms with van der Waals surface area (Å²) in [6.45, 7) is 0. The Labute approximate surface area is 113 Å². The first-order valence-electron chi connectivity index (χ1n) is 8.03. The molecule has 1 aromatic carbocycles. The highest BCUT2D eigenvalue weighted by atomic mass is 14.1. The van der Waals surface area contributed by atoms with Crippen LogP contribution < -0.4 is 0 Å². The third kappa shape index (κ3) is 4.84. The molecule has 0 N–H and O–H groups in total. The topological polar surface area (TPSA) is 0 Å². The van der Waals surface area contributed by atoms with Crippen LogP contribution in [0, 0.1) is 0 Å². The lowest BCUT2D eigenvalue weighted by Gasteiger charge is -2.10. The van der Waals surface area contributed by atoms with Crippen LogP contribution in [0.4, 0.5) is 0 Å². The van der Waals surface area contributed by atoms with Crippen LogP contribution in [0.15, 0.2) is 24.3 Å². The highest BCUT2D eigenvalue weighted by molar-refractivity contribution is 5.27. The Balaban J connectivity index is 1.91. The zero-order valence-corrected chi connectivity index (χ0v) is 11.8. The molecule has 0 saturated heterocycles. The monoisotopic (exact) mass is 244 g/mol. The Morgan fingerprint density at radius 2 is 0.778 bits per heavy atom. The molecule has 1 aliphatic carbocycles. The number of fused-ring (bicyclic) bond motifs is 1. The van der Waals surface area contributed by atoms with Crippen molar-refractivity contribution in [3.05, 3.63) is 35.4 Å². The smallest absolute Gasteiger partial charge is 0.0276 e. The van der Waals surface area contributed by atoms with Gasteiger partial charge < -0.3 is 0 Å². The number of rotatable bonds is 0. The maximum absolute atomic E-state index is 2.35. The van der Waals surface area contributed by atoms with E-state index >= 15 is 0 Å². The van der Waals surface area contributed by atoms with Crippen molar-refractivity contribution in [2.45, 2.75) is 77.0 Å². The molecule has 0 spiro atoms. The van der Waals surface area contributed by atoms with E-state index in [9.17, 15) is 0 Å². The fourth-order valence-corrected chi connectivity index (χ4v) is 3.09. The highest BCUT2D eigenvalue weighted by Crippen LogP contribution is 2.18. The minimum atomic E-state index is 1.30. The van der Waals surface area contributed by atoms with Gasteiger partial charge in [-0.1, -0.05) is 75.6 Å². The summed E-state index contributed by atoms with van der Waals surface area (Å²) >= 11 is 0. The van der Waals surface area contributed by atoms with E-state index in [1.807, 2.05) is 0 Å². The molecule has 0 fully saturated rings. The highest BCUT2D eigenvalue weighted by Gasteiger charge is 2.03. The Bertz CT molecular complexity index is 294. The molecule has 0 amide bonds. The van der Waals surface area contributed by atoms with Crippen LogP contribution in [0.2, 0.25) is 0 Å². The van der Waals surface area contributed by atoms with Gasteiger partial charge in [0, 0.05) is 0 Å². The maximum atomic E-state index is 2.35. The van der Waals surface area contributed by atoms with Gasteiger partial charge in [0.1, 0.15) is 0 Å². The lowest BCUT2D eigenvalue weighted by atomic mass is 9.95. The van der Waals surface area contributed by atoms with Crippen molar-refractivity contribution in [2.24, 2.45) is 0 Å². The minimum absolute atomic E-state index is 1.30. The fraction of sp³-hybridized carbons (Fsp3) is 0.667. The maximum Gasteiger partial charge on any atom is -0.0276 e. The lowest BCUT2D eigenvalue weighted by molar-refractivity contribution is 0.546. The number of benzene rings is 1. The molecule has 0 heterocycles. The quantitative estimate of drug-likeness (QED) is 0.550. The van der Waals surface area contributed by atoms with Crippen molar-refractivity contribution in [2.75, 3.05) is 0 Å². The molecule has 0 bridgehead atoms. The van der Waals surface area contributed by atoms with Gasteiger partial charge in [0.15, 0.2) is 0 Å². The molecule has 2 rings (SSSR count). The van der Waals surface area contributed by atoms with E-state index in [1.165, 1.54) is 77.0 Å². The molecule has 0 atom stereocenters. The van der Waals surface area contributed by atoms with Crippen molar-refractivity contribution < 1.29 is 0 Å². The summed E-state index contributed by atoms with van der Waals surface area (Å²) in [5, 5.41) is 0. The van der Waals surface area contributed by atoms with Gasteiger partial charge in [0.05, 0.1) is 0 Å². The van der Waals surface area contributed by atoms with Crippen LogP contribution >= 0.6 is 0 Å². The second kappa shape index (κ2) is 8.34. The molecule has 18 heavy (non-hydrogen) atoms. The Morgan fingerprint density at radius 1 is 0.444 bits per heavy atom. The molecule has 0 aliphatic heterocycles. The first-order valence-corrected chi connectivity index (χ1v) is 8.03. The Kier molecular flexibility index (Phi) is 6.33. The van der Waals surface area contributed by atoms with E-state index < -0.39 is 0 Å². The third-order valence-corrected chi connectivity index (χ3v) is 4.26. The van der Waals surface area contributed by atoms with Crippen LogP contribution in [-0.4, -0.2) is 0 Å². The van der Waals surface area contributed by atoms with E-state index in [0.717, 1.165) is 0 Å². The SMILES string of the molecule is c1ccc2c(c1)CCCCCCCCCCCC2. The number of aryl methyl sites for hydroxylation is 2. The largest absolute Gasteiger partial charge is 0.0620 e. The average Bonchev–Trinajstić information content (AvgIpc) is 2.41. The van der Waals surface area contributed by atoms with Crippen molar-refractivity contribution in [1.82, 2.24) is 0 Å². The van der Waals surface area contributed by atoms with Crippen LogP contribution in [0.5, 0.6) is 0 Å². The van der Waals surface area contributed by atoms with E-state index in [-0.39, 0.29) is 0 Å². The zero-order chi connectivity index (χ0) is 12.5. The zero-order valence-electron chi connectivity index (χ0n) is 11.8. The van der Waals surface area contributed by atoms with Crippen LogP contribution in [0.25, 0.3) is 0 Å². The van der Waals surface area contributed by atoms with Gasteiger partial charge in [-0.15, -0.1) is 0 Å². The molecule has 0 radical (unpaired) electrons. The minimum Gasteiger partial charge on any atom is -0.0620 e. The van der Waals surface area contributed by atoms with Crippen molar-refractivity contribution >= 4 is 0 Å². The molecule has 0 aromatic heterocycles. The summed E-state index contributed by atoms with van der Waals surface area (Å²) in [4.78, 5) is 0. The van der Waals surface area contributed by atoms with Crippen molar-refractivity contribution in [1.29, 1.82) is 0 Å². The van der Waals surface area contributed by atoms with E-state index in [4.69, 9.17) is 0 Å².